The van der Waals surface area contributed by atoms with Crippen LogP contribution in [0.4, 0.5) is 4.79 Å². The molecule has 0 unspecified atom stereocenters. The van der Waals surface area contributed by atoms with Gasteiger partial charge in [-0.25, -0.2) is 4.79 Å². The minimum atomic E-state index is -0.820. The van der Waals surface area contributed by atoms with E-state index in [1.165, 1.54) is 0 Å². The highest BCUT2D eigenvalue weighted by molar-refractivity contribution is 5.67. The molecule has 0 saturated heterocycles. The third-order valence-corrected chi connectivity index (χ3v) is 2.73. The molecule has 0 aliphatic heterocycles. The van der Waals surface area contributed by atoms with E-state index in [-0.39, 0.29) is 0 Å². The van der Waals surface area contributed by atoms with Gasteiger partial charge >= 0.3 is 6.16 Å². The Morgan fingerprint density at radius 2 is 1.00 bits per heavy atom. The summed E-state index contributed by atoms with van der Waals surface area (Å²) in [5, 5.41) is 0. The zero-order valence-corrected chi connectivity index (χ0v) is 13.5. The molecule has 0 aliphatic rings. The second-order valence-electron chi connectivity index (χ2n) is 4.57. The summed E-state index contributed by atoms with van der Waals surface area (Å²) in [6, 6.07) is 13.2. The van der Waals surface area contributed by atoms with E-state index in [4.69, 9.17) is 18.9 Å². The first-order chi connectivity index (χ1) is 11.7. The van der Waals surface area contributed by atoms with E-state index < -0.39 is 6.16 Å². The van der Waals surface area contributed by atoms with Crippen LogP contribution in [0.25, 0.3) is 0 Å². The van der Waals surface area contributed by atoms with Gasteiger partial charge in [0.2, 0.25) is 0 Å². The molecule has 0 bridgehead atoms. The Morgan fingerprint density at radius 1 is 0.667 bits per heavy atom. The normalized spacial score (nSPS) is 10.8. The molecule has 0 fully saturated rings. The Balaban J connectivity index is 1.88. The molecule has 0 heterocycles. The van der Waals surface area contributed by atoms with Crippen molar-refractivity contribution < 1.29 is 23.7 Å². The molecule has 0 saturated carbocycles. The molecule has 5 nitrogen and oxygen atoms in total. The van der Waals surface area contributed by atoms with Crippen LogP contribution < -0.4 is 18.9 Å². The number of hydrogen-bond acceptors (Lipinski definition) is 5. The predicted molar refractivity (Wildman–Crippen MR) is 90.4 cm³/mol. The highest BCUT2D eigenvalue weighted by atomic mass is 16.7. The Kier molecular flexibility index (Phi) is 6.46. The van der Waals surface area contributed by atoms with E-state index in [9.17, 15) is 4.79 Å². The van der Waals surface area contributed by atoms with Gasteiger partial charge in [0.05, 0.1) is 12.5 Å². The zero-order chi connectivity index (χ0) is 17.2. The quantitative estimate of drug-likeness (QED) is 0.420. The number of carbonyl (C=O) groups excluding carboxylic acids is 1. The summed E-state index contributed by atoms with van der Waals surface area (Å²) >= 11 is 0. The molecule has 0 spiro atoms. The van der Waals surface area contributed by atoms with E-state index in [0.29, 0.717) is 23.0 Å². The summed E-state index contributed by atoms with van der Waals surface area (Å²) < 4.78 is 20.8. The van der Waals surface area contributed by atoms with Crippen LogP contribution in [0.5, 0.6) is 23.0 Å². The van der Waals surface area contributed by atoms with Crippen molar-refractivity contribution in [2.24, 2.45) is 0 Å². The Morgan fingerprint density at radius 3 is 1.33 bits per heavy atom. The molecule has 2 aromatic carbocycles. The molecule has 2 aromatic rings. The van der Waals surface area contributed by atoms with E-state index in [2.05, 4.69) is 0 Å². The second-order valence-corrected chi connectivity index (χ2v) is 4.57. The first kappa shape index (κ1) is 17.1. The van der Waals surface area contributed by atoms with E-state index >= 15 is 0 Å². The van der Waals surface area contributed by atoms with Gasteiger partial charge in [-0.3, -0.25) is 0 Å². The molecule has 0 aromatic heterocycles. The van der Waals surface area contributed by atoms with E-state index in [1.54, 1.807) is 73.2 Å². The van der Waals surface area contributed by atoms with Gasteiger partial charge in [0.15, 0.2) is 0 Å². The van der Waals surface area contributed by atoms with Crippen LogP contribution in [0, 0.1) is 0 Å². The standard InChI is InChI=1S/C19H18O5/c1-3-13-21-15-5-9-17(10-6-15)23-19(20)24-18-11-7-16(8-12-18)22-14-4-2/h3-14H,1-2H3. The van der Waals surface area contributed by atoms with Gasteiger partial charge in [-0.2, -0.15) is 0 Å². The van der Waals surface area contributed by atoms with Gasteiger partial charge in [0.25, 0.3) is 0 Å². The van der Waals surface area contributed by atoms with Crippen molar-refractivity contribution in [1.82, 2.24) is 0 Å². The first-order valence-corrected chi connectivity index (χ1v) is 7.36. The lowest BCUT2D eigenvalue weighted by Crippen LogP contribution is -2.13. The molecule has 24 heavy (non-hydrogen) atoms. The van der Waals surface area contributed by atoms with Crippen molar-refractivity contribution >= 4 is 6.16 Å². The lowest BCUT2D eigenvalue weighted by molar-refractivity contribution is 0.152. The predicted octanol–water partition coefficient (Wildman–Crippen LogP) is 5.09. The molecular formula is C19H18O5. The van der Waals surface area contributed by atoms with Gasteiger partial charge < -0.3 is 18.9 Å². The lowest BCUT2D eigenvalue weighted by Gasteiger charge is -2.07. The Hall–Kier alpha value is -3.21. The van der Waals surface area contributed by atoms with Crippen LogP contribution in [0.2, 0.25) is 0 Å². The van der Waals surface area contributed by atoms with Crippen LogP contribution in [0.3, 0.4) is 0 Å². The summed E-state index contributed by atoms with van der Waals surface area (Å²) in [4.78, 5) is 11.8. The van der Waals surface area contributed by atoms with Crippen LogP contribution in [-0.4, -0.2) is 6.16 Å². The van der Waals surface area contributed by atoms with Gasteiger partial charge in [-0.1, -0.05) is 12.2 Å². The van der Waals surface area contributed by atoms with Crippen molar-refractivity contribution in [1.29, 1.82) is 0 Å². The second kappa shape index (κ2) is 9.05. The van der Waals surface area contributed by atoms with E-state index in [0.717, 1.165) is 0 Å². The zero-order valence-electron chi connectivity index (χ0n) is 13.5. The number of allylic oxidation sites excluding steroid dienone is 2. The maximum atomic E-state index is 11.8. The van der Waals surface area contributed by atoms with Crippen molar-refractivity contribution in [3.8, 4) is 23.0 Å². The summed E-state index contributed by atoms with van der Waals surface area (Å²) in [5.74, 6) is 2.01. The number of hydrogen-bond donors (Lipinski definition) is 0. The molecular weight excluding hydrogens is 308 g/mol. The topological polar surface area (TPSA) is 54.0 Å². The minimum Gasteiger partial charge on any atom is -0.465 e. The molecule has 124 valence electrons. The minimum absolute atomic E-state index is 0.362. The number of benzene rings is 2. The molecule has 0 radical (unpaired) electrons. The van der Waals surface area contributed by atoms with Crippen molar-refractivity contribution in [2.45, 2.75) is 13.8 Å². The van der Waals surface area contributed by atoms with Crippen molar-refractivity contribution in [2.75, 3.05) is 0 Å². The molecule has 0 amide bonds. The average molecular weight is 326 g/mol. The van der Waals surface area contributed by atoms with Gasteiger partial charge in [-0.05, 0) is 62.4 Å². The monoisotopic (exact) mass is 326 g/mol. The van der Waals surface area contributed by atoms with Crippen molar-refractivity contribution in [3.63, 3.8) is 0 Å². The fraction of sp³-hybridized carbons (Fsp3) is 0.105. The van der Waals surface area contributed by atoms with Gasteiger partial charge in [0, 0.05) is 0 Å². The summed E-state index contributed by atoms with van der Waals surface area (Å²) in [6.45, 7) is 3.71. The van der Waals surface area contributed by atoms with Crippen molar-refractivity contribution in [3.05, 3.63) is 73.2 Å². The fourth-order valence-electron chi connectivity index (χ4n) is 1.68. The number of carbonyl (C=O) groups is 1. The maximum absolute atomic E-state index is 11.8. The molecule has 5 heteroatoms. The smallest absolute Gasteiger partial charge is 0.465 e. The summed E-state index contributed by atoms with van der Waals surface area (Å²) in [5.41, 5.74) is 0. The SMILES string of the molecule is CC=COc1ccc(OC(=O)Oc2ccc(OC=CC)cc2)cc1. The summed E-state index contributed by atoms with van der Waals surface area (Å²) in [6.07, 6.45) is 5.86. The van der Waals surface area contributed by atoms with Crippen LogP contribution in [-0.2, 0) is 0 Å². The molecule has 0 atom stereocenters. The highest BCUT2D eigenvalue weighted by Crippen LogP contribution is 2.20. The molecule has 0 aliphatic carbocycles. The van der Waals surface area contributed by atoms with Crippen LogP contribution >= 0.6 is 0 Å². The average Bonchev–Trinajstić information content (AvgIpc) is 2.60. The van der Waals surface area contributed by atoms with Crippen LogP contribution in [0.1, 0.15) is 13.8 Å². The lowest BCUT2D eigenvalue weighted by atomic mass is 10.3. The Labute approximate surface area is 140 Å². The Bertz CT molecular complexity index is 638. The number of ether oxygens (including phenoxy) is 4. The first-order valence-electron chi connectivity index (χ1n) is 7.36. The third kappa shape index (κ3) is 5.53. The molecule has 0 N–H and O–H groups in total. The maximum Gasteiger partial charge on any atom is 0.519 e. The van der Waals surface area contributed by atoms with Crippen LogP contribution in [0.15, 0.2) is 73.2 Å². The largest absolute Gasteiger partial charge is 0.519 e. The highest BCUT2D eigenvalue weighted by Gasteiger charge is 2.08. The van der Waals surface area contributed by atoms with Gasteiger partial charge in [-0.15, -0.1) is 0 Å². The molecule has 2 rings (SSSR count). The third-order valence-electron chi connectivity index (χ3n) is 2.73. The fourth-order valence-corrected chi connectivity index (χ4v) is 1.68. The van der Waals surface area contributed by atoms with E-state index in [1.807, 2.05) is 13.8 Å². The summed E-state index contributed by atoms with van der Waals surface area (Å²) in [7, 11) is 0. The number of rotatable bonds is 6. The van der Waals surface area contributed by atoms with Gasteiger partial charge in [0.1, 0.15) is 23.0 Å².